The molecule has 80 valence electrons. The zero-order valence-electron chi connectivity index (χ0n) is 8.64. The summed E-state index contributed by atoms with van der Waals surface area (Å²) in [6.07, 6.45) is 2.87. The third kappa shape index (κ3) is 1.85. The number of hydrogen-bond donors (Lipinski definition) is 2. The van der Waals surface area contributed by atoms with Crippen molar-refractivity contribution in [2.45, 2.75) is 31.7 Å². The first-order valence-electron chi connectivity index (χ1n) is 5.42. The second-order valence-corrected chi connectivity index (χ2v) is 4.30. The maximum absolute atomic E-state index is 11.3. The highest BCUT2D eigenvalue weighted by atomic mass is 16.5. The van der Waals surface area contributed by atoms with Gasteiger partial charge in [-0.1, -0.05) is 13.3 Å². The lowest BCUT2D eigenvalue weighted by Gasteiger charge is -2.14. The largest absolute Gasteiger partial charge is 0.450 e. The molecule has 2 atom stereocenters. The van der Waals surface area contributed by atoms with Crippen LogP contribution in [0.5, 0.6) is 0 Å². The Balaban J connectivity index is 1.68. The number of ether oxygens (including phenoxy) is 1. The van der Waals surface area contributed by atoms with E-state index in [1.54, 1.807) is 0 Å². The Kier molecular flexibility index (Phi) is 2.63. The molecule has 14 heavy (non-hydrogen) atoms. The van der Waals surface area contributed by atoms with Crippen molar-refractivity contribution in [3.05, 3.63) is 0 Å². The lowest BCUT2D eigenvalue weighted by Crippen LogP contribution is -2.41. The minimum atomic E-state index is -0.246. The molecule has 1 saturated carbocycles. The van der Waals surface area contributed by atoms with Crippen molar-refractivity contribution in [2.24, 2.45) is 5.92 Å². The van der Waals surface area contributed by atoms with Crippen molar-refractivity contribution in [1.29, 1.82) is 0 Å². The molecular weight excluding hydrogens is 180 g/mol. The van der Waals surface area contributed by atoms with Gasteiger partial charge in [-0.25, -0.2) is 4.79 Å². The molecule has 1 aliphatic carbocycles. The van der Waals surface area contributed by atoms with Gasteiger partial charge < -0.3 is 15.4 Å². The Morgan fingerprint density at radius 3 is 3.14 bits per heavy atom. The van der Waals surface area contributed by atoms with E-state index in [-0.39, 0.29) is 11.6 Å². The van der Waals surface area contributed by atoms with Gasteiger partial charge in [0.15, 0.2) is 0 Å². The smallest absolute Gasteiger partial charge is 0.407 e. The first-order valence-corrected chi connectivity index (χ1v) is 5.42. The minimum Gasteiger partial charge on any atom is -0.450 e. The van der Waals surface area contributed by atoms with Crippen molar-refractivity contribution in [1.82, 2.24) is 10.6 Å². The number of piperidine rings is 1. The van der Waals surface area contributed by atoms with Crippen LogP contribution in [-0.2, 0) is 4.74 Å². The normalized spacial score (nSPS) is 33.6. The van der Waals surface area contributed by atoms with Gasteiger partial charge in [-0.2, -0.15) is 0 Å². The monoisotopic (exact) mass is 198 g/mol. The molecule has 0 unspecified atom stereocenters. The highest BCUT2D eigenvalue weighted by Crippen LogP contribution is 2.45. The molecule has 0 aromatic rings. The molecule has 1 heterocycles. The van der Waals surface area contributed by atoms with E-state index in [2.05, 4.69) is 17.6 Å². The number of amides is 1. The summed E-state index contributed by atoms with van der Waals surface area (Å²) < 4.78 is 5.06. The van der Waals surface area contributed by atoms with Crippen LogP contribution in [0.1, 0.15) is 26.2 Å². The number of hydrogen-bond acceptors (Lipinski definition) is 3. The van der Waals surface area contributed by atoms with E-state index in [9.17, 15) is 4.79 Å². The number of nitrogens with one attached hydrogen (secondary N) is 2. The van der Waals surface area contributed by atoms with Gasteiger partial charge in [0, 0.05) is 13.1 Å². The Hall–Kier alpha value is -0.770. The molecule has 2 aliphatic rings. The van der Waals surface area contributed by atoms with Crippen LogP contribution in [0.25, 0.3) is 0 Å². The van der Waals surface area contributed by atoms with E-state index < -0.39 is 0 Å². The molecule has 4 nitrogen and oxygen atoms in total. The summed E-state index contributed by atoms with van der Waals surface area (Å²) in [5, 5.41) is 6.23. The third-order valence-corrected chi connectivity index (χ3v) is 3.15. The molecule has 0 aromatic carbocycles. The fourth-order valence-corrected chi connectivity index (χ4v) is 2.08. The summed E-state index contributed by atoms with van der Waals surface area (Å²) in [6, 6.07) is 0. The number of rotatable bonds is 4. The van der Waals surface area contributed by atoms with Crippen molar-refractivity contribution in [3.63, 3.8) is 0 Å². The van der Waals surface area contributed by atoms with Gasteiger partial charge in [0.1, 0.15) is 0 Å². The minimum absolute atomic E-state index is 0.0449. The van der Waals surface area contributed by atoms with Gasteiger partial charge in [-0.15, -0.1) is 0 Å². The van der Waals surface area contributed by atoms with Crippen LogP contribution >= 0.6 is 0 Å². The van der Waals surface area contributed by atoms with E-state index in [0.29, 0.717) is 12.5 Å². The molecule has 0 bridgehead atoms. The van der Waals surface area contributed by atoms with E-state index in [1.807, 2.05) is 0 Å². The maximum Gasteiger partial charge on any atom is 0.407 e. The summed E-state index contributed by atoms with van der Waals surface area (Å²) in [7, 11) is 0. The fourth-order valence-electron chi connectivity index (χ4n) is 2.08. The lowest BCUT2D eigenvalue weighted by atomic mass is 10.2. The van der Waals surface area contributed by atoms with Gasteiger partial charge in [0.2, 0.25) is 0 Å². The molecule has 0 aromatic heterocycles. The quantitative estimate of drug-likeness (QED) is 0.659. The molecule has 1 saturated heterocycles. The topological polar surface area (TPSA) is 50.4 Å². The van der Waals surface area contributed by atoms with Crippen LogP contribution < -0.4 is 10.6 Å². The number of alkyl carbamates (subject to hydrolysis) is 1. The second-order valence-electron chi connectivity index (χ2n) is 4.30. The fraction of sp³-hybridized carbons (Fsp3) is 0.900. The number of unbranched alkanes of at least 4 members (excludes halogenated alkanes) is 1. The van der Waals surface area contributed by atoms with Crippen LogP contribution in [-0.4, -0.2) is 31.3 Å². The van der Waals surface area contributed by atoms with Gasteiger partial charge in [-0.05, 0) is 18.8 Å². The van der Waals surface area contributed by atoms with Crippen LogP contribution in [0.15, 0.2) is 0 Å². The third-order valence-electron chi connectivity index (χ3n) is 3.15. The average Bonchev–Trinajstić information content (AvgIpc) is 2.68. The summed E-state index contributed by atoms with van der Waals surface area (Å²) in [6.45, 7) is 4.56. The highest BCUT2D eigenvalue weighted by molar-refractivity contribution is 5.69. The molecular formula is C10H18N2O2. The highest BCUT2D eigenvalue weighted by Gasteiger charge is 2.58. The molecule has 4 heteroatoms. The summed E-state index contributed by atoms with van der Waals surface area (Å²) in [5.41, 5.74) is 0.0449. The molecule has 1 amide bonds. The van der Waals surface area contributed by atoms with E-state index >= 15 is 0 Å². The standard InChI is InChI=1S/C10H18N2O2/c1-2-3-4-14-9(13)12-10-5-8(10)6-11-7-10/h8,11H,2-7H2,1H3,(H,12,13)/t8-,10-/m1/s1. The average molecular weight is 198 g/mol. The summed E-state index contributed by atoms with van der Waals surface area (Å²) in [4.78, 5) is 11.3. The second kappa shape index (κ2) is 3.77. The molecule has 0 radical (unpaired) electrons. The first kappa shape index (κ1) is 9.77. The Morgan fingerprint density at radius 2 is 2.57 bits per heavy atom. The van der Waals surface area contributed by atoms with Crippen LogP contribution in [0.4, 0.5) is 4.79 Å². The molecule has 2 N–H and O–H groups in total. The molecule has 0 spiro atoms. The summed E-state index contributed by atoms with van der Waals surface area (Å²) >= 11 is 0. The van der Waals surface area contributed by atoms with Crippen molar-refractivity contribution < 1.29 is 9.53 Å². The van der Waals surface area contributed by atoms with E-state index in [0.717, 1.165) is 32.4 Å². The predicted octanol–water partition coefficient (Wildman–Crippen LogP) is 0.875. The van der Waals surface area contributed by atoms with Crippen molar-refractivity contribution in [2.75, 3.05) is 19.7 Å². The van der Waals surface area contributed by atoms with Crippen LogP contribution in [0.2, 0.25) is 0 Å². The van der Waals surface area contributed by atoms with Gasteiger partial charge in [-0.3, -0.25) is 0 Å². The predicted molar refractivity (Wildman–Crippen MR) is 53.1 cm³/mol. The number of carbonyl (C=O) groups excluding carboxylic acids is 1. The first-order chi connectivity index (χ1) is 6.77. The van der Waals surface area contributed by atoms with Crippen molar-refractivity contribution >= 4 is 6.09 Å². The molecule has 1 aliphatic heterocycles. The number of fused-ring (bicyclic) bond motifs is 1. The molecule has 2 rings (SSSR count). The van der Waals surface area contributed by atoms with Crippen LogP contribution in [0.3, 0.4) is 0 Å². The zero-order chi connectivity index (χ0) is 10.0. The molecule has 2 fully saturated rings. The van der Waals surface area contributed by atoms with Gasteiger partial charge >= 0.3 is 6.09 Å². The Labute approximate surface area is 84.4 Å². The van der Waals surface area contributed by atoms with Gasteiger partial charge in [0.05, 0.1) is 12.1 Å². The van der Waals surface area contributed by atoms with Crippen LogP contribution in [0, 0.1) is 5.92 Å². The maximum atomic E-state index is 11.3. The van der Waals surface area contributed by atoms with Crippen molar-refractivity contribution in [3.8, 4) is 0 Å². The van der Waals surface area contributed by atoms with Gasteiger partial charge in [0.25, 0.3) is 0 Å². The Morgan fingerprint density at radius 1 is 1.71 bits per heavy atom. The van der Waals surface area contributed by atoms with E-state index in [4.69, 9.17) is 4.74 Å². The van der Waals surface area contributed by atoms with E-state index in [1.165, 1.54) is 0 Å². The lowest BCUT2D eigenvalue weighted by molar-refractivity contribution is 0.139. The SMILES string of the molecule is CCCCOC(=O)N[C@]12CNC[C@H]1C2. The zero-order valence-corrected chi connectivity index (χ0v) is 8.64. The number of carbonyl (C=O) groups is 1. The summed E-state index contributed by atoms with van der Waals surface area (Å²) in [5.74, 6) is 0.640. The Bertz CT molecular complexity index is 232.